The van der Waals surface area contributed by atoms with Crippen LogP contribution >= 0.6 is 11.6 Å². The van der Waals surface area contributed by atoms with E-state index in [1.807, 2.05) is 0 Å². The number of hydrogen-bond donors (Lipinski definition) is 1. The highest BCUT2D eigenvalue weighted by atomic mass is 35.5. The Morgan fingerprint density at radius 3 is 2.60 bits per heavy atom. The lowest BCUT2D eigenvalue weighted by molar-refractivity contribution is 0.567. The Bertz CT molecular complexity index is 590. The summed E-state index contributed by atoms with van der Waals surface area (Å²) in [4.78, 5) is 0. The number of benzene rings is 2. The van der Waals surface area contributed by atoms with Crippen LogP contribution < -0.4 is 5.32 Å². The van der Waals surface area contributed by atoms with Crippen LogP contribution in [0.1, 0.15) is 35.2 Å². The Balaban J connectivity index is 2.08. The molecule has 0 saturated heterocycles. The minimum atomic E-state index is -0.298. The molecule has 0 heterocycles. The molecule has 2 aromatic carbocycles. The van der Waals surface area contributed by atoms with Gasteiger partial charge in [0.2, 0.25) is 0 Å². The predicted octanol–water partition coefficient (Wildman–Crippen LogP) is 4.95. The zero-order chi connectivity index (χ0) is 14.7. The maximum atomic E-state index is 13.3. The van der Waals surface area contributed by atoms with Gasteiger partial charge in [-0.05, 0) is 55.7 Å². The van der Waals surface area contributed by atoms with Gasteiger partial charge in [0.25, 0.3) is 0 Å². The minimum Gasteiger partial charge on any atom is -0.306 e. The van der Waals surface area contributed by atoms with Gasteiger partial charge < -0.3 is 5.32 Å². The lowest BCUT2D eigenvalue weighted by Gasteiger charge is -2.17. The standard InChI is InChI=1S/C17H19ClFN/c1-11-4-5-12(2)17(6-11)13(3)20-10-14-7-15(18)9-16(19)8-14/h4-9,13,20H,10H2,1-3H3. The SMILES string of the molecule is Cc1ccc(C)c(C(C)NCc2cc(F)cc(Cl)c2)c1. The number of aryl methyl sites for hydroxylation is 2. The highest BCUT2D eigenvalue weighted by molar-refractivity contribution is 6.30. The van der Waals surface area contributed by atoms with Gasteiger partial charge in [-0.3, -0.25) is 0 Å². The fraction of sp³-hybridized carbons (Fsp3) is 0.294. The van der Waals surface area contributed by atoms with Gasteiger partial charge in [-0.2, -0.15) is 0 Å². The summed E-state index contributed by atoms with van der Waals surface area (Å²) in [5.41, 5.74) is 4.63. The summed E-state index contributed by atoms with van der Waals surface area (Å²) < 4.78 is 13.3. The molecular formula is C17H19ClFN. The average Bonchev–Trinajstić information content (AvgIpc) is 2.38. The van der Waals surface area contributed by atoms with Gasteiger partial charge in [0.15, 0.2) is 0 Å². The minimum absolute atomic E-state index is 0.206. The molecule has 1 unspecified atom stereocenters. The molecule has 0 aliphatic rings. The molecule has 0 amide bonds. The zero-order valence-electron chi connectivity index (χ0n) is 12.0. The smallest absolute Gasteiger partial charge is 0.125 e. The van der Waals surface area contributed by atoms with Gasteiger partial charge >= 0.3 is 0 Å². The quantitative estimate of drug-likeness (QED) is 0.841. The van der Waals surface area contributed by atoms with Gasteiger partial charge in [0, 0.05) is 17.6 Å². The first-order chi connectivity index (χ1) is 9.45. The van der Waals surface area contributed by atoms with Gasteiger partial charge in [-0.15, -0.1) is 0 Å². The van der Waals surface area contributed by atoms with Crippen molar-refractivity contribution >= 4 is 11.6 Å². The highest BCUT2D eigenvalue weighted by Gasteiger charge is 2.09. The first kappa shape index (κ1) is 15.0. The van der Waals surface area contributed by atoms with Crippen molar-refractivity contribution in [1.29, 1.82) is 0 Å². The fourth-order valence-corrected chi connectivity index (χ4v) is 2.56. The average molecular weight is 292 g/mol. The third-order valence-electron chi connectivity index (χ3n) is 3.44. The predicted molar refractivity (Wildman–Crippen MR) is 82.6 cm³/mol. The molecule has 0 aromatic heterocycles. The number of rotatable bonds is 4. The first-order valence-corrected chi connectivity index (χ1v) is 7.09. The summed E-state index contributed by atoms with van der Waals surface area (Å²) >= 11 is 5.86. The topological polar surface area (TPSA) is 12.0 Å². The summed E-state index contributed by atoms with van der Waals surface area (Å²) in [7, 11) is 0. The van der Waals surface area contributed by atoms with Crippen molar-refractivity contribution in [1.82, 2.24) is 5.32 Å². The summed E-state index contributed by atoms with van der Waals surface area (Å²) in [5, 5.41) is 3.84. The summed E-state index contributed by atoms with van der Waals surface area (Å²) in [6.07, 6.45) is 0. The lowest BCUT2D eigenvalue weighted by atomic mass is 10.00. The van der Waals surface area contributed by atoms with Crippen LogP contribution in [0, 0.1) is 19.7 Å². The van der Waals surface area contributed by atoms with Crippen LogP contribution in [0.15, 0.2) is 36.4 Å². The van der Waals surface area contributed by atoms with Gasteiger partial charge in [0.05, 0.1) is 0 Å². The second kappa shape index (κ2) is 6.38. The molecule has 2 rings (SSSR count). The largest absolute Gasteiger partial charge is 0.306 e. The van der Waals surface area contributed by atoms with Gasteiger partial charge in [-0.1, -0.05) is 35.4 Å². The summed E-state index contributed by atoms with van der Waals surface area (Å²) in [6, 6.07) is 11.2. The third-order valence-corrected chi connectivity index (χ3v) is 3.65. The molecule has 0 aliphatic carbocycles. The molecule has 2 aromatic rings. The van der Waals surface area contributed by atoms with E-state index >= 15 is 0 Å². The van der Waals surface area contributed by atoms with E-state index in [9.17, 15) is 4.39 Å². The first-order valence-electron chi connectivity index (χ1n) is 6.71. The molecular weight excluding hydrogens is 273 g/mol. The molecule has 0 spiro atoms. The van der Waals surface area contributed by atoms with Crippen LogP contribution in [0.4, 0.5) is 4.39 Å². The van der Waals surface area contributed by atoms with E-state index in [2.05, 4.69) is 44.3 Å². The van der Waals surface area contributed by atoms with Gasteiger partial charge in [0.1, 0.15) is 5.82 Å². The van der Waals surface area contributed by atoms with Crippen LogP contribution in [0.2, 0.25) is 5.02 Å². The van der Waals surface area contributed by atoms with Crippen LogP contribution in [0.3, 0.4) is 0 Å². The maximum Gasteiger partial charge on any atom is 0.125 e. The van der Waals surface area contributed by atoms with Crippen molar-refractivity contribution in [2.24, 2.45) is 0 Å². The molecule has 3 heteroatoms. The maximum absolute atomic E-state index is 13.3. The molecule has 1 N–H and O–H groups in total. The van der Waals surface area contributed by atoms with Crippen molar-refractivity contribution in [3.05, 3.63) is 69.5 Å². The molecule has 1 nitrogen and oxygen atoms in total. The van der Waals surface area contributed by atoms with Crippen LogP contribution in [0.25, 0.3) is 0 Å². The lowest BCUT2D eigenvalue weighted by Crippen LogP contribution is -2.19. The zero-order valence-corrected chi connectivity index (χ0v) is 12.8. The molecule has 20 heavy (non-hydrogen) atoms. The Hall–Kier alpha value is -1.38. The second-order valence-corrected chi connectivity index (χ2v) is 5.68. The molecule has 0 fully saturated rings. The van der Waals surface area contributed by atoms with E-state index in [1.165, 1.54) is 28.8 Å². The number of hydrogen-bond acceptors (Lipinski definition) is 1. The van der Waals surface area contributed by atoms with E-state index in [4.69, 9.17) is 11.6 Å². The van der Waals surface area contributed by atoms with Crippen LogP contribution in [0.5, 0.6) is 0 Å². The second-order valence-electron chi connectivity index (χ2n) is 5.24. The van der Waals surface area contributed by atoms with Crippen molar-refractivity contribution in [2.75, 3.05) is 0 Å². The Morgan fingerprint density at radius 1 is 1.15 bits per heavy atom. The number of nitrogens with one attached hydrogen (secondary N) is 1. The Kier molecular flexibility index (Phi) is 4.79. The van der Waals surface area contributed by atoms with Crippen molar-refractivity contribution in [3.8, 4) is 0 Å². The van der Waals surface area contributed by atoms with E-state index in [1.54, 1.807) is 6.07 Å². The van der Waals surface area contributed by atoms with E-state index in [0.29, 0.717) is 11.6 Å². The van der Waals surface area contributed by atoms with Crippen molar-refractivity contribution in [2.45, 2.75) is 33.4 Å². The Labute approximate surface area is 124 Å². The van der Waals surface area contributed by atoms with Gasteiger partial charge in [-0.25, -0.2) is 4.39 Å². The Morgan fingerprint density at radius 2 is 1.90 bits per heavy atom. The molecule has 0 aliphatic heterocycles. The monoisotopic (exact) mass is 291 g/mol. The number of halogens is 2. The molecule has 0 radical (unpaired) electrons. The third kappa shape index (κ3) is 3.81. The molecule has 106 valence electrons. The molecule has 0 bridgehead atoms. The normalized spacial score (nSPS) is 12.4. The van der Waals surface area contributed by atoms with Crippen LogP contribution in [-0.4, -0.2) is 0 Å². The van der Waals surface area contributed by atoms with E-state index in [0.717, 1.165) is 5.56 Å². The fourth-order valence-electron chi connectivity index (χ4n) is 2.32. The van der Waals surface area contributed by atoms with E-state index < -0.39 is 0 Å². The molecule has 0 saturated carbocycles. The summed E-state index contributed by atoms with van der Waals surface area (Å²) in [5.74, 6) is -0.298. The van der Waals surface area contributed by atoms with Crippen molar-refractivity contribution < 1.29 is 4.39 Å². The summed E-state index contributed by atoms with van der Waals surface area (Å²) in [6.45, 7) is 6.89. The van der Waals surface area contributed by atoms with Crippen molar-refractivity contribution in [3.63, 3.8) is 0 Å². The van der Waals surface area contributed by atoms with E-state index in [-0.39, 0.29) is 11.9 Å². The molecule has 1 atom stereocenters. The highest BCUT2D eigenvalue weighted by Crippen LogP contribution is 2.20. The van der Waals surface area contributed by atoms with Crippen LogP contribution in [-0.2, 0) is 6.54 Å².